The molecule has 0 aromatic carbocycles. The third-order valence-corrected chi connectivity index (χ3v) is 3.41. The summed E-state index contributed by atoms with van der Waals surface area (Å²) in [6, 6.07) is 0. The summed E-state index contributed by atoms with van der Waals surface area (Å²) in [6.07, 6.45) is -0.701. The Kier molecular flexibility index (Phi) is 5.19. The zero-order chi connectivity index (χ0) is 10.6. The predicted octanol–water partition coefficient (Wildman–Crippen LogP) is 0.306. The Balaban J connectivity index is 2.27. The van der Waals surface area contributed by atoms with Gasteiger partial charge in [0.05, 0.1) is 6.10 Å². The number of aliphatic hydroxyl groups excluding tert-OH is 3. The van der Waals surface area contributed by atoms with E-state index in [1.165, 1.54) is 0 Å². The van der Waals surface area contributed by atoms with Gasteiger partial charge in [0.2, 0.25) is 0 Å². The smallest absolute Gasteiger partial charge is 0.184 e. The number of hydrogen-bond acceptors (Lipinski definition) is 5. The first-order valence-electron chi connectivity index (χ1n) is 4.96. The molecule has 14 heavy (non-hydrogen) atoms. The van der Waals surface area contributed by atoms with E-state index < -0.39 is 18.5 Å². The highest BCUT2D eigenvalue weighted by atomic mass is 32.2. The quantitative estimate of drug-likeness (QED) is 0.597. The van der Waals surface area contributed by atoms with Crippen molar-refractivity contribution < 1.29 is 20.1 Å². The fourth-order valence-corrected chi connectivity index (χ4v) is 2.53. The van der Waals surface area contributed by atoms with Crippen LogP contribution in [0.4, 0.5) is 0 Å². The van der Waals surface area contributed by atoms with Gasteiger partial charge in [-0.25, -0.2) is 0 Å². The number of rotatable bonds is 4. The van der Waals surface area contributed by atoms with E-state index >= 15 is 0 Å². The summed E-state index contributed by atoms with van der Waals surface area (Å²) >= 11 is 1.58. The molecule has 4 nitrogen and oxygen atoms in total. The lowest BCUT2D eigenvalue weighted by Gasteiger charge is -2.33. The Morgan fingerprint density at radius 1 is 1.36 bits per heavy atom. The molecule has 4 atom stereocenters. The molecule has 1 aliphatic rings. The van der Waals surface area contributed by atoms with Crippen LogP contribution in [-0.2, 0) is 4.74 Å². The number of unbranched alkanes of at least 4 members (excludes halogenated alkanes) is 1. The predicted molar refractivity (Wildman–Crippen MR) is 54.9 cm³/mol. The van der Waals surface area contributed by atoms with Gasteiger partial charge in [0.1, 0.15) is 11.5 Å². The minimum Gasteiger partial charge on any atom is -0.390 e. The summed E-state index contributed by atoms with van der Waals surface area (Å²) in [5.41, 5.74) is -0.199. The summed E-state index contributed by atoms with van der Waals surface area (Å²) in [7, 11) is 0. The second-order valence-corrected chi connectivity index (χ2v) is 4.74. The van der Waals surface area contributed by atoms with E-state index in [9.17, 15) is 15.3 Å². The largest absolute Gasteiger partial charge is 0.390 e. The Labute approximate surface area is 88.3 Å². The molecule has 1 aliphatic heterocycles. The topological polar surface area (TPSA) is 69.9 Å². The van der Waals surface area contributed by atoms with Gasteiger partial charge < -0.3 is 20.1 Å². The van der Waals surface area contributed by atoms with E-state index in [1.54, 1.807) is 11.8 Å². The van der Waals surface area contributed by atoms with E-state index in [4.69, 9.17) is 4.74 Å². The second kappa shape index (κ2) is 5.92. The van der Waals surface area contributed by atoms with Crippen LogP contribution in [0.25, 0.3) is 0 Å². The number of ether oxygens (including phenoxy) is 1. The van der Waals surface area contributed by atoms with Crippen molar-refractivity contribution in [1.82, 2.24) is 0 Å². The lowest BCUT2D eigenvalue weighted by molar-refractivity contribution is -0.228. The molecule has 1 saturated heterocycles. The average molecular weight is 222 g/mol. The molecule has 2 unspecified atom stereocenters. The van der Waals surface area contributed by atoms with Crippen molar-refractivity contribution in [2.24, 2.45) is 0 Å². The SMILES string of the molecule is CCCCSC1C[C@H](O)[C@@H](O)C(O)O1. The Hall–Kier alpha value is 0.190. The molecule has 0 spiro atoms. The Morgan fingerprint density at radius 3 is 2.64 bits per heavy atom. The summed E-state index contributed by atoms with van der Waals surface area (Å²) < 4.78 is 5.12. The minimum absolute atomic E-state index is 0.199. The molecule has 1 fully saturated rings. The van der Waals surface area contributed by atoms with Crippen molar-refractivity contribution in [2.45, 2.75) is 50.1 Å². The van der Waals surface area contributed by atoms with Crippen molar-refractivity contribution >= 4 is 11.8 Å². The fraction of sp³-hybridized carbons (Fsp3) is 1.00. The maximum Gasteiger partial charge on any atom is 0.184 e. The van der Waals surface area contributed by atoms with Crippen LogP contribution in [0, 0.1) is 0 Å². The van der Waals surface area contributed by atoms with E-state index in [1.807, 2.05) is 0 Å². The lowest BCUT2D eigenvalue weighted by atomic mass is 10.1. The molecular weight excluding hydrogens is 204 g/mol. The van der Waals surface area contributed by atoms with Crippen molar-refractivity contribution in [2.75, 3.05) is 5.75 Å². The van der Waals surface area contributed by atoms with Crippen molar-refractivity contribution in [3.63, 3.8) is 0 Å². The van der Waals surface area contributed by atoms with Crippen LogP contribution in [0.1, 0.15) is 26.2 Å². The van der Waals surface area contributed by atoms with Gasteiger partial charge in [-0.3, -0.25) is 0 Å². The van der Waals surface area contributed by atoms with Crippen LogP contribution in [0.15, 0.2) is 0 Å². The molecule has 0 amide bonds. The zero-order valence-corrected chi connectivity index (χ0v) is 9.11. The number of hydrogen-bond donors (Lipinski definition) is 3. The van der Waals surface area contributed by atoms with Gasteiger partial charge in [-0.1, -0.05) is 13.3 Å². The van der Waals surface area contributed by atoms with Gasteiger partial charge in [-0.05, 0) is 12.2 Å². The standard InChI is InChI=1S/C9H18O4S/c1-2-3-4-14-7-5-6(10)8(11)9(12)13-7/h6-12H,2-5H2,1H3/t6-,7?,8+,9?/m0/s1. The molecule has 1 heterocycles. The first-order valence-corrected chi connectivity index (χ1v) is 6.01. The van der Waals surface area contributed by atoms with Gasteiger partial charge in [0, 0.05) is 6.42 Å². The molecule has 0 radical (unpaired) electrons. The van der Waals surface area contributed by atoms with Crippen LogP contribution < -0.4 is 0 Å². The monoisotopic (exact) mass is 222 g/mol. The molecule has 0 aromatic heterocycles. The van der Waals surface area contributed by atoms with E-state index in [0.29, 0.717) is 6.42 Å². The molecule has 1 rings (SSSR count). The second-order valence-electron chi connectivity index (χ2n) is 3.47. The van der Waals surface area contributed by atoms with E-state index in [-0.39, 0.29) is 5.44 Å². The first-order chi connectivity index (χ1) is 6.65. The molecule has 84 valence electrons. The first kappa shape index (κ1) is 12.3. The highest BCUT2D eigenvalue weighted by molar-refractivity contribution is 7.99. The summed E-state index contributed by atoms with van der Waals surface area (Å²) in [4.78, 5) is 0. The maximum atomic E-state index is 9.37. The van der Waals surface area contributed by atoms with Crippen LogP contribution in [0.3, 0.4) is 0 Å². The summed E-state index contributed by atoms with van der Waals surface area (Å²) in [5, 5.41) is 27.8. The third kappa shape index (κ3) is 3.40. The van der Waals surface area contributed by atoms with Gasteiger partial charge in [0.25, 0.3) is 0 Å². The lowest BCUT2D eigenvalue weighted by Crippen LogP contribution is -2.47. The average Bonchev–Trinajstić information content (AvgIpc) is 2.14. The number of aliphatic hydroxyl groups is 3. The van der Waals surface area contributed by atoms with Gasteiger partial charge >= 0.3 is 0 Å². The zero-order valence-electron chi connectivity index (χ0n) is 8.30. The van der Waals surface area contributed by atoms with Crippen molar-refractivity contribution in [3.05, 3.63) is 0 Å². The normalized spacial score (nSPS) is 38.6. The van der Waals surface area contributed by atoms with Crippen molar-refractivity contribution in [3.8, 4) is 0 Å². The molecule has 0 bridgehead atoms. The summed E-state index contributed by atoms with van der Waals surface area (Å²) in [5.74, 6) is 0.955. The van der Waals surface area contributed by atoms with Crippen LogP contribution in [0.5, 0.6) is 0 Å². The number of thioether (sulfide) groups is 1. The highest BCUT2D eigenvalue weighted by Gasteiger charge is 2.35. The van der Waals surface area contributed by atoms with Gasteiger partial charge in [-0.15, -0.1) is 11.8 Å². The molecule has 3 N–H and O–H groups in total. The minimum atomic E-state index is -1.25. The van der Waals surface area contributed by atoms with E-state index in [0.717, 1.165) is 18.6 Å². The molecule has 0 aromatic rings. The molecular formula is C9H18O4S. The van der Waals surface area contributed by atoms with Crippen LogP contribution in [0.2, 0.25) is 0 Å². The van der Waals surface area contributed by atoms with Gasteiger partial charge in [-0.2, -0.15) is 0 Å². The summed E-state index contributed by atoms with van der Waals surface area (Å²) in [6.45, 7) is 2.11. The maximum absolute atomic E-state index is 9.37. The molecule has 5 heteroatoms. The van der Waals surface area contributed by atoms with Crippen LogP contribution >= 0.6 is 11.8 Å². The highest BCUT2D eigenvalue weighted by Crippen LogP contribution is 2.27. The Morgan fingerprint density at radius 2 is 2.07 bits per heavy atom. The fourth-order valence-electron chi connectivity index (χ4n) is 1.28. The van der Waals surface area contributed by atoms with Crippen LogP contribution in [-0.4, -0.2) is 45.0 Å². The van der Waals surface area contributed by atoms with Crippen molar-refractivity contribution in [1.29, 1.82) is 0 Å². The Bertz CT molecular complexity index is 155. The third-order valence-electron chi connectivity index (χ3n) is 2.21. The van der Waals surface area contributed by atoms with Gasteiger partial charge in [0.15, 0.2) is 6.29 Å². The molecule has 0 aliphatic carbocycles. The van der Waals surface area contributed by atoms with E-state index in [2.05, 4.69) is 6.92 Å². The molecule has 0 saturated carbocycles.